The van der Waals surface area contributed by atoms with Crippen LogP contribution in [0.15, 0.2) is 41.3 Å². The molecule has 1 aromatic heterocycles. The van der Waals surface area contributed by atoms with Crippen LogP contribution in [0.25, 0.3) is 11.0 Å². The predicted molar refractivity (Wildman–Crippen MR) is 124 cm³/mol. The minimum Gasteiger partial charge on any atom is -0.328 e. The number of sulfonamides is 1. The van der Waals surface area contributed by atoms with Crippen molar-refractivity contribution < 1.29 is 17.6 Å². The van der Waals surface area contributed by atoms with Crippen molar-refractivity contribution in [1.29, 1.82) is 0 Å². The maximum Gasteiger partial charge on any atom is 0.242 e. The molecule has 3 aromatic rings. The van der Waals surface area contributed by atoms with Gasteiger partial charge in [0.15, 0.2) is 5.82 Å². The monoisotopic (exact) mass is 480 g/mol. The van der Waals surface area contributed by atoms with Crippen LogP contribution in [0.5, 0.6) is 0 Å². The van der Waals surface area contributed by atoms with Gasteiger partial charge in [-0.3, -0.25) is 4.79 Å². The Balaban J connectivity index is 1.85. The molecule has 0 bridgehead atoms. The Morgan fingerprint density at radius 3 is 2.69 bits per heavy atom. The molecule has 0 unspecified atom stereocenters. The fourth-order valence-electron chi connectivity index (χ4n) is 3.33. The lowest BCUT2D eigenvalue weighted by Gasteiger charge is -2.11. The first kappa shape index (κ1) is 24.2. The molecule has 0 aliphatic carbocycles. The zero-order valence-corrected chi connectivity index (χ0v) is 19.8. The largest absolute Gasteiger partial charge is 0.328 e. The Kier molecular flexibility index (Phi) is 7.53. The zero-order valence-electron chi connectivity index (χ0n) is 18.2. The Labute approximate surface area is 192 Å². The highest BCUT2D eigenvalue weighted by molar-refractivity contribution is 7.89. The van der Waals surface area contributed by atoms with Crippen molar-refractivity contribution in [3.63, 3.8) is 0 Å². The van der Waals surface area contributed by atoms with Crippen LogP contribution in [0.4, 0.5) is 10.1 Å². The van der Waals surface area contributed by atoms with E-state index in [2.05, 4.69) is 17.2 Å². The molecule has 32 heavy (non-hydrogen) atoms. The maximum absolute atomic E-state index is 14.0. The molecule has 0 aliphatic heterocycles. The van der Waals surface area contributed by atoms with Crippen LogP contribution < -0.4 is 5.32 Å². The lowest BCUT2D eigenvalue weighted by molar-refractivity contribution is -0.116. The number of aryl methyl sites for hydroxylation is 2. The van der Waals surface area contributed by atoms with E-state index in [0.29, 0.717) is 24.3 Å². The lowest BCUT2D eigenvalue weighted by Crippen LogP contribution is -2.22. The van der Waals surface area contributed by atoms with Gasteiger partial charge in [0.05, 0.1) is 26.6 Å². The number of halogens is 2. The number of unbranched alkanes of at least 4 members (excludes halogenated alkanes) is 1. The van der Waals surface area contributed by atoms with Gasteiger partial charge in [-0.2, -0.15) is 0 Å². The third kappa shape index (κ3) is 5.11. The summed E-state index contributed by atoms with van der Waals surface area (Å²) in [7, 11) is -0.626. The molecule has 0 saturated heterocycles. The molecule has 0 fully saturated rings. The van der Waals surface area contributed by atoms with Crippen LogP contribution in [0.2, 0.25) is 5.02 Å². The molecule has 0 aliphatic rings. The van der Waals surface area contributed by atoms with E-state index in [1.807, 2.05) is 4.57 Å². The molecule has 1 N–H and O–H groups in total. The van der Waals surface area contributed by atoms with Gasteiger partial charge in [0.1, 0.15) is 5.82 Å². The number of aromatic nitrogens is 2. The zero-order chi connectivity index (χ0) is 23.5. The topological polar surface area (TPSA) is 84.3 Å². The second-order valence-electron chi connectivity index (χ2n) is 7.62. The molecule has 10 heteroatoms. The molecule has 3 rings (SSSR count). The number of benzene rings is 2. The third-order valence-corrected chi connectivity index (χ3v) is 7.22. The van der Waals surface area contributed by atoms with E-state index in [4.69, 9.17) is 11.6 Å². The standard InChI is InChI=1S/C22H26ClFN4O3S/c1-4-5-13-28-19-10-9-15(32(30,31)27(2)3)14-18(19)25-20(28)11-12-21(29)26-17-8-6-7-16(23)22(17)24/h6-10,14H,4-5,11-13H2,1-3H3,(H,26,29). The summed E-state index contributed by atoms with van der Waals surface area (Å²) in [6.45, 7) is 2.78. The number of nitrogens with zero attached hydrogens (tertiary/aromatic N) is 3. The SMILES string of the molecule is CCCCn1c(CCC(=O)Nc2cccc(Cl)c2F)nc2cc(S(=O)(=O)N(C)C)ccc21. The fraction of sp³-hybridized carbons (Fsp3) is 0.364. The van der Waals surface area contributed by atoms with Gasteiger partial charge in [-0.05, 0) is 36.8 Å². The van der Waals surface area contributed by atoms with Gasteiger partial charge in [-0.25, -0.2) is 22.1 Å². The molecule has 172 valence electrons. The average molecular weight is 481 g/mol. The Hall–Kier alpha value is -2.49. The maximum atomic E-state index is 14.0. The number of imidazole rings is 1. The van der Waals surface area contributed by atoms with Crippen molar-refractivity contribution in [2.45, 2.75) is 44.0 Å². The van der Waals surface area contributed by atoms with E-state index >= 15 is 0 Å². The first-order valence-corrected chi connectivity index (χ1v) is 12.1. The van der Waals surface area contributed by atoms with E-state index in [1.165, 1.54) is 26.2 Å². The average Bonchev–Trinajstić information content (AvgIpc) is 3.10. The van der Waals surface area contributed by atoms with Gasteiger partial charge in [-0.1, -0.05) is 31.0 Å². The molecule has 0 spiro atoms. The summed E-state index contributed by atoms with van der Waals surface area (Å²) >= 11 is 5.76. The second-order valence-corrected chi connectivity index (χ2v) is 10.2. The van der Waals surface area contributed by atoms with Crippen molar-refractivity contribution in [3.8, 4) is 0 Å². The van der Waals surface area contributed by atoms with Crippen LogP contribution in [0.1, 0.15) is 32.0 Å². The Morgan fingerprint density at radius 2 is 2.00 bits per heavy atom. The van der Waals surface area contributed by atoms with E-state index in [-0.39, 0.29) is 27.9 Å². The summed E-state index contributed by atoms with van der Waals surface area (Å²) in [6.07, 6.45) is 2.29. The van der Waals surface area contributed by atoms with Crippen LogP contribution in [0.3, 0.4) is 0 Å². The first-order chi connectivity index (χ1) is 15.1. The smallest absolute Gasteiger partial charge is 0.242 e. The summed E-state index contributed by atoms with van der Waals surface area (Å²) in [6, 6.07) is 9.29. The Morgan fingerprint density at radius 1 is 1.25 bits per heavy atom. The van der Waals surface area contributed by atoms with Gasteiger partial charge < -0.3 is 9.88 Å². The van der Waals surface area contributed by atoms with Gasteiger partial charge in [0, 0.05) is 33.5 Å². The van der Waals surface area contributed by atoms with E-state index in [9.17, 15) is 17.6 Å². The number of carbonyl (C=O) groups excluding carboxylic acids is 1. The van der Waals surface area contributed by atoms with E-state index < -0.39 is 15.8 Å². The summed E-state index contributed by atoms with van der Waals surface area (Å²) in [4.78, 5) is 17.2. The minimum absolute atomic E-state index is 0.0283. The minimum atomic E-state index is -3.58. The van der Waals surface area contributed by atoms with E-state index in [0.717, 1.165) is 22.7 Å². The quantitative estimate of drug-likeness (QED) is 0.490. The van der Waals surface area contributed by atoms with Crippen molar-refractivity contribution in [3.05, 3.63) is 53.1 Å². The van der Waals surface area contributed by atoms with Crippen molar-refractivity contribution in [2.24, 2.45) is 0 Å². The van der Waals surface area contributed by atoms with Gasteiger partial charge in [0.2, 0.25) is 15.9 Å². The predicted octanol–water partition coefficient (Wildman–Crippen LogP) is 4.45. The summed E-state index contributed by atoms with van der Waals surface area (Å²) in [5.74, 6) is -0.363. The van der Waals surface area contributed by atoms with Gasteiger partial charge >= 0.3 is 0 Å². The summed E-state index contributed by atoms with van der Waals surface area (Å²) in [5, 5.41) is 2.48. The molecule has 1 heterocycles. The molecule has 0 radical (unpaired) electrons. The van der Waals surface area contributed by atoms with Crippen LogP contribution in [-0.2, 0) is 27.8 Å². The van der Waals surface area contributed by atoms with Gasteiger partial charge in [0.25, 0.3) is 0 Å². The van der Waals surface area contributed by atoms with E-state index in [1.54, 1.807) is 24.3 Å². The van der Waals surface area contributed by atoms with Crippen molar-refractivity contribution >= 4 is 44.3 Å². The second kappa shape index (κ2) is 9.97. The number of hydrogen-bond donors (Lipinski definition) is 1. The molecular weight excluding hydrogens is 455 g/mol. The summed E-state index contributed by atoms with van der Waals surface area (Å²) in [5.41, 5.74) is 1.40. The molecule has 2 aromatic carbocycles. The molecule has 0 saturated carbocycles. The van der Waals surface area contributed by atoms with Crippen LogP contribution >= 0.6 is 11.6 Å². The number of nitrogens with one attached hydrogen (secondary N) is 1. The number of rotatable bonds is 9. The first-order valence-electron chi connectivity index (χ1n) is 10.3. The highest BCUT2D eigenvalue weighted by Crippen LogP contribution is 2.24. The number of hydrogen-bond acceptors (Lipinski definition) is 4. The molecular formula is C22H26ClFN4O3S. The van der Waals surface area contributed by atoms with Gasteiger partial charge in [-0.15, -0.1) is 0 Å². The number of amides is 1. The third-order valence-electron chi connectivity index (χ3n) is 5.11. The highest BCUT2D eigenvalue weighted by atomic mass is 35.5. The summed E-state index contributed by atoms with van der Waals surface area (Å²) < 4.78 is 42.2. The number of fused-ring (bicyclic) bond motifs is 1. The highest BCUT2D eigenvalue weighted by Gasteiger charge is 2.20. The lowest BCUT2D eigenvalue weighted by atomic mass is 10.2. The van der Waals surface area contributed by atoms with Crippen LogP contribution in [-0.4, -0.2) is 42.3 Å². The molecule has 0 atom stereocenters. The number of carbonyl (C=O) groups is 1. The molecule has 7 nitrogen and oxygen atoms in total. The van der Waals surface area contributed by atoms with Crippen molar-refractivity contribution in [2.75, 3.05) is 19.4 Å². The Bertz CT molecular complexity index is 1240. The molecule has 1 amide bonds. The van der Waals surface area contributed by atoms with Crippen molar-refractivity contribution in [1.82, 2.24) is 13.9 Å². The normalized spacial score (nSPS) is 11.9. The van der Waals surface area contributed by atoms with Crippen LogP contribution in [0, 0.1) is 5.82 Å². The number of anilines is 1. The fourth-order valence-corrected chi connectivity index (χ4v) is 4.42.